The van der Waals surface area contributed by atoms with Crippen LogP contribution in [0.25, 0.3) is 5.57 Å². The largest absolute Gasteiger partial charge is 0.478 e. The topological polar surface area (TPSA) is 63.1 Å². The van der Waals surface area contributed by atoms with E-state index in [9.17, 15) is 4.79 Å². The third-order valence-electron chi connectivity index (χ3n) is 1.31. The molecule has 1 aromatic rings. The Hall–Kier alpha value is -1.71. The van der Waals surface area contributed by atoms with Crippen LogP contribution in [-0.2, 0) is 4.79 Å². The number of aliphatic carboxylic acids is 1. The van der Waals surface area contributed by atoms with E-state index in [1.807, 2.05) is 0 Å². The molecule has 0 spiro atoms. The lowest BCUT2D eigenvalue weighted by atomic mass is 10.2. The van der Waals surface area contributed by atoms with Crippen LogP contribution in [0.1, 0.15) is 12.6 Å². The maximum absolute atomic E-state index is 10.3. The van der Waals surface area contributed by atoms with Gasteiger partial charge in [0.1, 0.15) is 0 Å². The zero-order valence-electron chi connectivity index (χ0n) is 6.56. The first-order valence-electron chi connectivity index (χ1n) is 3.38. The van der Waals surface area contributed by atoms with Crippen molar-refractivity contribution >= 4 is 11.5 Å². The Bertz CT molecular complexity index is 306. The second-order valence-electron chi connectivity index (χ2n) is 2.26. The number of aromatic nitrogens is 2. The molecule has 62 valence electrons. The van der Waals surface area contributed by atoms with Gasteiger partial charge >= 0.3 is 5.97 Å². The van der Waals surface area contributed by atoms with Crippen molar-refractivity contribution in [2.75, 3.05) is 0 Å². The Morgan fingerprint density at radius 3 is 2.83 bits per heavy atom. The number of hydrogen-bond acceptors (Lipinski definition) is 3. The van der Waals surface area contributed by atoms with Crippen LogP contribution < -0.4 is 0 Å². The third-order valence-corrected chi connectivity index (χ3v) is 1.31. The molecule has 0 fully saturated rings. The highest BCUT2D eigenvalue weighted by atomic mass is 16.4. The third kappa shape index (κ3) is 2.16. The minimum atomic E-state index is -0.974. The summed E-state index contributed by atoms with van der Waals surface area (Å²) in [6.45, 7) is 1.68. The Morgan fingerprint density at radius 2 is 2.33 bits per heavy atom. The highest BCUT2D eigenvalue weighted by molar-refractivity contribution is 5.88. The van der Waals surface area contributed by atoms with Crippen LogP contribution in [0.2, 0.25) is 0 Å². The van der Waals surface area contributed by atoms with Gasteiger partial charge in [0.15, 0.2) is 0 Å². The molecule has 0 saturated carbocycles. The Kier molecular flexibility index (Phi) is 2.53. The zero-order chi connectivity index (χ0) is 8.97. The van der Waals surface area contributed by atoms with Crippen LogP contribution in [0.3, 0.4) is 0 Å². The van der Waals surface area contributed by atoms with E-state index < -0.39 is 5.97 Å². The Morgan fingerprint density at radius 1 is 1.58 bits per heavy atom. The number of allylic oxidation sites excluding steroid dienone is 1. The van der Waals surface area contributed by atoms with Gasteiger partial charge in [-0.05, 0) is 12.5 Å². The number of nitrogens with zero attached hydrogens (tertiary/aromatic N) is 2. The van der Waals surface area contributed by atoms with Gasteiger partial charge < -0.3 is 5.11 Å². The molecular formula is C8H8N2O2. The molecule has 0 unspecified atom stereocenters. The van der Waals surface area contributed by atoms with Crippen molar-refractivity contribution in [2.24, 2.45) is 0 Å². The van der Waals surface area contributed by atoms with Crippen LogP contribution in [0.15, 0.2) is 24.7 Å². The van der Waals surface area contributed by atoms with Gasteiger partial charge in [0.25, 0.3) is 0 Å². The summed E-state index contributed by atoms with van der Waals surface area (Å²) in [6, 6.07) is 0. The van der Waals surface area contributed by atoms with Gasteiger partial charge in [0.05, 0.1) is 11.9 Å². The van der Waals surface area contributed by atoms with Gasteiger partial charge in [-0.1, -0.05) is 0 Å². The van der Waals surface area contributed by atoms with E-state index in [4.69, 9.17) is 5.11 Å². The van der Waals surface area contributed by atoms with Crippen LogP contribution in [0.4, 0.5) is 0 Å². The van der Waals surface area contributed by atoms with Crippen LogP contribution in [-0.4, -0.2) is 21.0 Å². The summed E-state index contributed by atoms with van der Waals surface area (Å²) in [5.41, 5.74) is 1.18. The molecule has 4 heteroatoms. The van der Waals surface area contributed by atoms with Crippen molar-refractivity contribution in [1.82, 2.24) is 9.97 Å². The summed E-state index contributed by atoms with van der Waals surface area (Å²) >= 11 is 0. The lowest BCUT2D eigenvalue weighted by Gasteiger charge is -1.95. The molecule has 1 aromatic heterocycles. The van der Waals surface area contributed by atoms with E-state index in [1.165, 1.54) is 18.6 Å². The first kappa shape index (κ1) is 8.39. The highest BCUT2D eigenvalue weighted by Gasteiger charge is 1.98. The smallest absolute Gasteiger partial charge is 0.328 e. The molecule has 12 heavy (non-hydrogen) atoms. The predicted octanol–water partition coefficient (Wildman–Crippen LogP) is 0.964. The lowest BCUT2D eigenvalue weighted by molar-refractivity contribution is -0.131. The summed E-state index contributed by atoms with van der Waals surface area (Å²) in [6.07, 6.45) is 5.69. The molecule has 1 N–H and O–H groups in total. The van der Waals surface area contributed by atoms with Gasteiger partial charge in [0.2, 0.25) is 0 Å². The molecule has 4 nitrogen and oxygen atoms in total. The number of hydrogen-bond donors (Lipinski definition) is 1. The van der Waals surface area contributed by atoms with Crippen molar-refractivity contribution in [1.29, 1.82) is 0 Å². The quantitative estimate of drug-likeness (QED) is 0.661. The normalized spacial score (nSPS) is 11.2. The van der Waals surface area contributed by atoms with E-state index in [0.29, 0.717) is 11.3 Å². The van der Waals surface area contributed by atoms with E-state index in [1.54, 1.807) is 6.92 Å². The molecule has 0 aromatic carbocycles. The van der Waals surface area contributed by atoms with Gasteiger partial charge in [-0.3, -0.25) is 9.97 Å². The second kappa shape index (κ2) is 3.61. The molecule has 0 aliphatic heterocycles. The zero-order valence-corrected chi connectivity index (χ0v) is 6.56. The maximum Gasteiger partial charge on any atom is 0.328 e. The molecule has 0 amide bonds. The number of rotatable bonds is 2. The fourth-order valence-electron chi connectivity index (χ4n) is 0.762. The van der Waals surface area contributed by atoms with Crippen molar-refractivity contribution in [3.05, 3.63) is 30.4 Å². The molecule has 0 atom stereocenters. The van der Waals surface area contributed by atoms with Crippen LogP contribution in [0.5, 0.6) is 0 Å². The first-order valence-corrected chi connectivity index (χ1v) is 3.38. The molecule has 0 bridgehead atoms. The Labute approximate surface area is 69.6 Å². The monoisotopic (exact) mass is 164 g/mol. The van der Waals surface area contributed by atoms with E-state index >= 15 is 0 Å². The maximum atomic E-state index is 10.3. The first-order chi connectivity index (χ1) is 5.70. The van der Waals surface area contributed by atoms with Crippen molar-refractivity contribution in [3.63, 3.8) is 0 Å². The van der Waals surface area contributed by atoms with Crippen LogP contribution >= 0.6 is 0 Å². The summed E-state index contributed by atoms with van der Waals surface area (Å²) in [5, 5.41) is 8.42. The predicted molar refractivity (Wildman–Crippen MR) is 43.3 cm³/mol. The molecular weight excluding hydrogens is 156 g/mol. The van der Waals surface area contributed by atoms with Crippen molar-refractivity contribution in [2.45, 2.75) is 6.92 Å². The van der Waals surface area contributed by atoms with Gasteiger partial charge in [-0.25, -0.2) is 4.79 Å². The van der Waals surface area contributed by atoms with Crippen molar-refractivity contribution < 1.29 is 9.90 Å². The van der Waals surface area contributed by atoms with Gasteiger partial charge in [0, 0.05) is 18.5 Å². The lowest BCUT2D eigenvalue weighted by Crippen LogP contribution is -1.92. The average molecular weight is 164 g/mol. The summed E-state index contributed by atoms with van der Waals surface area (Å²) in [7, 11) is 0. The number of carboxylic acids is 1. The molecule has 0 saturated heterocycles. The van der Waals surface area contributed by atoms with Crippen molar-refractivity contribution in [3.8, 4) is 0 Å². The molecule has 0 radical (unpaired) electrons. The number of carbonyl (C=O) groups is 1. The number of carboxylic acid groups (broad SMARTS) is 1. The molecule has 1 rings (SSSR count). The van der Waals surface area contributed by atoms with Gasteiger partial charge in [-0.2, -0.15) is 0 Å². The standard InChI is InChI=1S/C8H8N2O2/c1-6(4-8(11)12)7-5-9-2-3-10-7/h2-5H,1H3,(H,11,12)/b6-4-. The molecule has 0 aliphatic carbocycles. The Balaban J connectivity index is 2.93. The summed E-state index contributed by atoms with van der Waals surface area (Å²) < 4.78 is 0. The van der Waals surface area contributed by atoms with Crippen LogP contribution in [0, 0.1) is 0 Å². The fraction of sp³-hybridized carbons (Fsp3) is 0.125. The highest BCUT2D eigenvalue weighted by Crippen LogP contribution is 2.07. The molecule has 1 heterocycles. The average Bonchev–Trinajstić information content (AvgIpc) is 2.05. The summed E-state index contributed by atoms with van der Waals surface area (Å²) in [5.74, 6) is -0.974. The van der Waals surface area contributed by atoms with E-state index in [2.05, 4.69) is 9.97 Å². The summed E-state index contributed by atoms with van der Waals surface area (Å²) in [4.78, 5) is 18.0. The van der Waals surface area contributed by atoms with E-state index in [-0.39, 0.29) is 0 Å². The van der Waals surface area contributed by atoms with E-state index in [0.717, 1.165) is 6.08 Å². The molecule has 0 aliphatic rings. The minimum absolute atomic E-state index is 0.583. The SMILES string of the molecule is C/C(=C/C(=O)O)c1cnccn1. The van der Waals surface area contributed by atoms with Gasteiger partial charge in [-0.15, -0.1) is 0 Å². The second-order valence-corrected chi connectivity index (χ2v) is 2.26. The fourth-order valence-corrected chi connectivity index (χ4v) is 0.762. The minimum Gasteiger partial charge on any atom is -0.478 e.